The highest BCUT2D eigenvalue weighted by molar-refractivity contribution is 5.75. The van der Waals surface area contributed by atoms with Crippen molar-refractivity contribution in [2.75, 3.05) is 6.54 Å². The van der Waals surface area contributed by atoms with Gasteiger partial charge in [-0.1, -0.05) is 0 Å². The SMILES string of the molecule is O=C(Cn1nnc(-c2ccco2)n1)NCCc1ncc[nH]1. The number of rotatable bonds is 6. The first-order chi connectivity index (χ1) is 10.3. The van der Waals surface area contributed by atoms with Crippen LogP contribution < -0.4 is 5.32 Å². The normalized spacial score (nSPS) is 10.7. The Morgan fingerprint density at radius 3 is 3.19 bits per heavy atom. The number of H-pyrrole nitrogens is 1. The van der Waals surface area contributed by atoms with Gasteiger partial charge in [-0.15, -0.1) is 10.2 Å². The first-order valence-corrected chi connectivity index (χ1v) is 6.38. The van der Waals surface area contributed by atoms with E-state index in [4.69, 9.17) is 4.42 Å². The Labute approximate surface area is 119 Å². The molecule has 1 amide bonds. The van der Waals surface area contributed by atoms with Crippen molar-refractivity contribution in [1.29, 1.82) is 0 Å². The van der Waals surface area contributed by atoms with Crippen LogP contribution in [0.15, 0.2) is 35.2 Å². The third-order valence-electron chi connectivity index (χ3n) is 2.72. The van der Waals surface area contributed by atoms with E-state index in [1.807, 2.05) is 0 Å². The molecule has 0 bridgehead atoms. The molecule has 0 saturated carbocycles. The summed E-state index contributed by atoms with van der Waals surface area (Å²) in [4.78, 5) is 20.0. The van der Waals surface area contributed by atoms with Gasteiger partial charge in [-0.3, -0.25) is 4.79 Å². The van der Waals surface area contributed by atoms with E-state index in [9.17, 15) is 4.79 Å². The highest BCUT2D eigenvalue weighted by Crippen LogP contribution is 2.12. The Balaban J connectivity index is 1.48. The molecule has 0 aromatic carbocycles. The van der Waals surface area contributed by atoms with Gasteiger partial charge in [0.15, 0.2) is 5.76 Å². The molecule has 9 nitrogen and oxygen atoms in total. The highest BCUT2D eigenvalue weighted by atomic mass is 16.3. The van der Waals surface area contributed by atoms with Crippen molar-refractivity contribution in [1.82, 2.24) is 35.5 Å². The molecule has 21 heavy (non-hydrogen) atoms. The monoisotopic (exact) mass is 287 g/mol. The molecule has 0 aliphatic carbocycles. The van der Waals surface area contributed by atoms with Crippen molar-refractivity contribution in [2.24, 2.45) is 0 Å². The fourth-order valence-electron chi connectivity index (χ4n) is 1.75. The maximum Gasteiger partial charge on any atom is 0.243 e. The molecule has 3 aromatic rings. The van der Waals surface area contributed by atoms with Crippen LogP contribution >= 0.6 is 0 Å². The van der Waals surface area contributed by atoms with E-state index in [2.05, 4.69) is 30.7 Å². The van der Waals surface area contributed by atoms with E-state index >= 15 is 0 Å². The highest BCUT2D eigenvalue weighted by Gasteiger charge is 2.10. The Kier molecular flexibility index (Phi) is 3.72. The summed E-state index contributed by atoms with van der Waals surface area (Å²) in [5, 5.41) is 14.5. The van der Waals surface area contributed by atoms with Gasteiger partial charge in [0.1, 0.15) is 12.4 Å². The summed E-state index contributed by atoms with van der Waals surface area (Å²) in [6.45, 7) is 0.498. The second-order valence-corrected chi connectivity index (χ2v) is 4.26. The van der Waals surface area contributed by atoms with Gasteiger partial charge in [-0.25, -0.2) is 4.98 Å². The third-order valence-corrected chi connectivity index (χ3v) is 2.72. The molecule has 0 unspecified atom stereocenters. The minimum absolute atomic E-state index is 0.00582. The van der Waals surface area contributed by atoms with Gasteiger partial charge >= 0.3 is 0 Å². The number of hydrogen-bond donors (Lipinski definition) is 2. The molecule has 0 fully saturated rings. The number of nitrogens with one attached hydrogen (secondary N) is 2. The number of carbonyl (C=O) groups is 1. The molecule has 2 N–H and O–H groups in total. The number of amides is 1. The molecule has 108 valence electrons. The number of tetrazole rings is 1. The van der Waals surface area contributed by atoms with Gasteiger partial charge in [-0.05, 0) is 17.3 Å². The quantitative estimate of drug-likeness (QED) is 0.660. The predicted molar refractivity (Wildman–Crippen MR) is 70.8 cm³/mol. The number of hydrogen-bond acceptors (Lipinski definition) is 6. The van der Waals surface area contributed by atoms with Crippen LogP contribution in [0.4, 0.5) is 0 Å². The Bertz CT molecular complexity index is 687. The number of furan rings is 1. The zero-order valence-corrected chi connectivity index (χ0v) is 11.1. The molecule has 0 radical (unpaired) electrons. The molecular formula is C12H13N7O2. The lowest BCUT2D eigenvalue weighted by molar-refractivity contribution is -0.122. The van der Waals surface area contributed by atoms with Crippen LogP contribution in [0.5, 0.6) is 0 Å². The van der Waals surface area contributed by atoms with Crippen molar-refractivity contribution >= 4 is 5.91 Å². The molecular weight excluding hydrogens is 274 g/mol. The second kappa shape index (κ2) is 5.99. The Morgan fingerprint density at radius 1 is 1.48 bits per heavy atom. The van der Waals surface area contributed by atoms with Gasteiger partial charge in [0.2, 0.25) is 11.7 Å². The number of aromatic nitrogens is 6. The number of aromatic amines is 1. The van der Waals surface area contributed by atoms with Crippen LogP contribution in [-0.2, 0) is 17.8 Å². The van der Waals surface area contributed by atoms with Crippen molar-refractivity contribution in [3.63, 3.8) is 0 Å². The minimum Gasteiger partial charge on any atom is -0.461 e. The van der Waals surface area contributed by atoms with Gasteiger partial charge in [0.05, 0.1) is 6.26 Å². The maximum atomic E-state index is 11.7. The van der Waals surface area contributed by atoms with Crippen molar-refractivity contribution in [3.05, 3.63) is 36.6 Å². The smallest absolute Gasteiger partial charge is 0.243 e. The summed E-state index contributed by atoms with van der Waals surface area (Å²) in [5.41, 5.74) is 0. The molecule has 0 aliphatic heterocycles. The number of imidazole rings is 1. The molecule has 3 aromatic heterocycles. The van der Waals surface area contributed by atoms with E-state index in [0.717, 1.165) is 5.82 Å². The molecule has 0 saturated heterocycles. The lowest BCUT2D eigenvalue weighted by atomic mass is 10.4. The molecule has 9 heteroatoms. The first kappa shape index (κ1) is 13.0. The Morgan fingerprint density at radius 2 is 2.43 bits per heavy atom. The molecule has 0 atom stereocenters. The molecule has 3 heterocycles. The maximum absolute atomic E-state index is 11.7. The Hall–Kier alpha value is -2.97. The third kappa shape index (κ3) is 3.32. The van der Waals surface area contributed by atoms with Gasteiger partial charge in [0.25, 0.3) is 0 Å². The van der Waals surface area contributed by atoms with Crippen LogP contribution in [0.3, 0.4) is 0 Å². The summed E-state index contributed by atoms with van der Waals surface area (Å²) >= 11 is 0. The van der Waals surface area contributed by atoms with Crippen LogP contribution in [0.25, 0.3) is 11.6 Å². The molecule has 3 rings (SSSR count). The van der Waals surface area contributed by atoms with Gasteiger partial charge in [0, 0.05) is 25.4 Å². The van der Waals surface area contributed by atoms with Crippen molar-refractivity contribution < 1.29 is 9.21 Å². The first-order valence-electron chi connectivity index (χ1n) is 6.38. The van der Waals surface area contributed by atoms with Crippen molar-refractivity contribution in [2.45, 2.75) is 13.0 Å². The predicted octanol–water partition coefficient (Wildman–Crippen LogP) is 0.0151. The zero-order chi connectivity index (χ0) is 14.5. The van der Waals surface area contributed by atoms with E-state index < -0.39 is 0 Å². The summed E-state index contributed by atoms with van der Waals surface area (Å²) in [5.74, 6) is 1.50. The van der Waals surface area contributed by atoms with E-state index in [1.54, 1.807) is 24.5 Å². The van der Waals surface area contributed by atoms with E-state index in [-0.39, 0.29) is 12.5 Å². The van der Waals surface area contributed by atoms with E-state index in [1.165, 1.54) is 11.1 Å². The summed E-state index contributed by atoms with van der Waals surface area (Å²) in [6.07, 6.45) is 5.58. The lowest BCUT2D eigenvalue weighted by Gasteiger charge is -2.02. The standard InChI is InChI=1S/C12H13N7O2/c20-11(15-4-3-10-13-5-6-14-10)8-19-17-12(16-18-19)9-2-1-7-21-9/h1-2,5-7H,3-4,8H2,(H,13,14)(H,15,20). The summed E-state index contributed by atoms with van der Waals surface area (Å²) in [7, 11) is 0. The fraction of sp³-hybridized carbons (Fsp3) is 0.250. The average molecular weight is 287 g/mol. The average Bonchev–Trinajstić information content (AvgIpc) is 3.21. The zero-order valence-electron chi connectivity index (χ0n) is 11.1. The van der Waals surface area contributed by atoms with Crippen molar-refractivity contribution in [3.8, 4) is 11.6 Å². The second-order valence-electron chi connectivity index (χ2n) is 4.26. The fourth-order valence-corrected chi connectivity index (χ4v) is 1.75. The van der Waals surface area contributed by atoms with Crippen LogP contribution in [0.2, 0.25) is 0 Å². The minimum atomic E-state index is -0.190. The largest absolute Gasteiger partial charge is 0.461 e. The topological polar surface area (TPSA) is 115 Å². The van der Waals surface area contributed by atoms with E-state index in [0.29, 0.717) is 24.6 Å². The van der Waals surface area contributed by atoms with Crippen LogP contribution in [-0.4, -0.2) is 42.6 Å². The van der Waals surface area contributed by atoms with Gasteiger partial charge in [-0.2, -0.15) is 4.80 Å². The summed E-state index contributed by atoms with van der Waals surface area (Å²) < 4.78 is 5.15. The summed E-state index contributed by atoms with van der Waals surface area (Å²) in [6, 6.07) is 3.46. The lowest BCUT2D eigenvalue weighted by Crippen LogP contribution is -2.30. The number of nitrogens with zero attached hydrogens (tertiary/aromatic N) is 5. The molecule has 0 aliphatic rings. The molecule has 0 spiro atoms. The number of carbonyl (C=O) groups excluding carboxylic acids is 1. The van der Waals surface area contributed by atoms with Crippen LogP contribution in [0.1, 0.15) is 5.82 Å². The van der Waals surface area contributed by atoms with Crippen LogP contribution in [0, 0.1) is 0 Å². The van der Waals surface area contributed by atoms with Gasteiger partial charge < -0.3 is 14.7 Å².